The van der Waals surface area contributed by atoms with E-state index in [1.807, 2.05) is 44.2 Å². The van der Waals surface area contributed by atoms with E-state index >= 15 is 0 Å². The van der Waals surface area contributed by atoms with Crippen molar-refractivity contribution in [3.05, 3.63) is 35.9 Å². The van der Waals surface area contributed by atoms with Gasteiger partial charge in [-0.15, -0.1) is 0 Å². The maximum absolute atomic E-state index is 11.8. The Morgan fingerprint density at radius 3 is 2.30 bits per heavy atom. The molecule has 0 radical (unpaired) electrons. The molecule has 0 bridgehead atoms. The summed E-state index contributed by atoms with van der Waals surface area (Å²) < 4.78 is 0. The topological polar surface area (TPSA) is 66.4 Å². The maximum atomic E-state index is 11.8. The number of carboxylic acids is 1. The van der Waals surface area contributed by atoms with Gasteiger partial charge in [0.15, 0.2) is 0 Å². The predicted octanol–water partition coefficient (Wildman–Crippen LogP) is 2.65. The van der Waals surface area contributed by atoms with Crippen LogP contribution >= 0.6 is 0 Å². The molecule has 1 aromatic rings. The molecule has 2 N–H and O–H groups in total. The minimum absolute atomic E-state index is 0.106. The van der Waals surface area contributed by atoms with Gasteiger partial charge in [-0.05, 0) is 24.8 Å². The Morgan fingerprint density at radius 2 is 1.80 bits per heavy atom. The van der Waals surface area contributed by atoms with Gasteiger partial charge in [-0.3, -0.25) is 9.59 Å². The summed E-state index contributed by atoms with van der Waals surface area (Å²) in [5.41, 5.74) is 1.10. The van der Waals surface area contributed by atoms with Gasteiger partial charge in [-0.1, -0.05) is 44.2 Å². The first-order chi connectivity index (χ1) is 9.47. The van der Waals surface area contributed by atoms with Crippen molar-refractivity contribution in [1.82, 2.24) is 5.32 Å². The zero-order chi connectivity index (χ0) is 15.1. The molecular formula is C16H23NO3. The summed E-state index contributed by atoms with van der Waals surface area (Å²) in [5.74, 6) is -2.20. The Morgan fingerprint density at radius 1 is 1.20 bits per heavy atom. The lowest BCUT2D eigenvalue weighted by molar-refractivity contribution is -0.147. The van der Waals surface area contributed by atoms with Crippen molar-refractivity contribution >= 4 is 11.9 Å². The van der Waals surface area contributed by atoms with Gasteiger partial charge < -0.3 is 10.4 Å². The zero-order valence-electron chi connectivity index (χ0n) is 12.3. The van der Waals surface area contributed by atoms with Crippen molar-refractivity contribution in [3.8, 4) is 0 Å². The van der Waals surface area contributed by atoms with Gasteiger partial charge in [0.25, 0.3) is 0 Å². The molecule has 0 fully saturated rings. The van der Waals surface area contributed by atoms with Gasteiger partial charge in [0.1, 0.15) is 0 Å². The second-order valence-electron chi connectivity index (χ2n) is 5.18. The summed E-state index contributed by atoms with van der Waals surface area (Å²) >= 11 is 0. The van der Waals surface area contributed by atoms with Crippen molar-refractivity contribution in [2.24, 2.45) is 11.8 Å². The number of benzene rings is 1. The molecule has 0 aromatic heterocycles. The van der Waals surface area contributed by atoms with Crippen LogP contribution in [-0.2, 0) is 9.59 Å². The minimum atomic E-state index is -0.911. The summed E-state index contributed by atoms with van der Waals surface area (Å²) in [6.45, 7) is 6.02. The van der Waals surface area contributed by atoms with Crippen LogP contribution in [0.15, 0.2) is 30.3 Å². The molecule has 4 nitrogen and oxygen atoms in total. The first-order valence-corrected chi connectivity index (χ1v) is 7.02. The van der Waals surface area contributed by atoms with Crippen LogP contribution in [0, 0.1) is 11.8 Å². The Balaban J connectivity index is 2.77. The average molecular weight is 277 g/mol. The van der Waals surface area contributed by atoms with Crippen molar-refractivity contribution in [2.45, 2.75) is 33.1 Å². The average Bonchev–Trinajstić information content (AvgIpc) is 2.44. The zero-order valence-corrected chi connectivity index (χ0v) is 12.3. The molecule has 0 aliphatic rings. The van der Waals surface area contributed by atoms with Crippen LogP contribution in [0.5, 0.6) is 0 Å². The number of hydrogen-bond donors (Lipinski definition) is 2. The molecule has 3 atom stereocenters. The quantitative estimate of drug-likeness (QED) is 0.805. The first-order valence-electron chi connectivity index (χ1n) is 7.02. The number of carbonyl (C=O) groups excluding carboxylic acids is 1. The third-order valence-electron chi connectivity index (χ3n) is 3.66. The van der Waals surface area contributed by atoms with Crippen molar-refractivity contribution in [2.75, 3.05) is 6.54 Å². The lowest BCUT2D eigenvalue weighted by Crippen LogP contribution is -2.36. The highest BCUT2D eigenvalue weighted by Crippen LogP contribution is 2.28. The first kappa shape index (κ1) is 16.2. The van der Waals surface area contributed by atoms with Gasteiger partial charge in [0.2, 0.25) is 5.91 Å². The van der Waals surface area contributed by atoms with E-state index in [0.29, 0.717) is 13.0 Å². The van der Waals surface area contributed by atoms with Crippen LogP contribution in [0.2, 0.25) is 0 Å². The molecule has 1 rings (SSSR count). The van der Waals surface area contributed by atoms with Crippen LogP contribution in [0.3, 0.4) is 0 Å². The molecule has 0 saturated carbocycles. The van der Waals surface area contributed by atoms with E-state index in [1.54, 1.807) is 6.92 Å². The van der Waals surface area contributed by atoms with Gasteiger partial charge in [0.05, 0.1) is 5.92 Å². The molecule has 0 spiro atoms. The smallest absolute Gasteiger partial charge is 0.307 e. The molecule has 1 aromatic carbocycles. The number of nitrogens with one attached hydrogen (secondary N) is 1. The summed E-state index contributed by atoms with van der Waals surface area (Å²) in [5, 5.41) is 12.1. The highest BCUT2D eigenvalue weighted by atomic mass is 16.4. The second kappa shape index (κ2) is 7.68. The minimum Gasteiger partial charge on any atom is -0.481 e. The molecule has 1 amide bonds. The van der Waals surface area contributed by atoms with Crippen molar-refractivity contribution < 1.29 is 14.7 Å². The van der Waals surface area contributed by atoms with E-state index in [-0.39, 0.29) is 11.8 Å². The normalized spacial score (nSPS) is 15.2. The third kappa shape index (κ3) is 4.37. The Kier molecular flexibility index (Phi) is 6.22. The fourth-order valence-corrected chi connectivity index (χ4v) is 2.34. The standard InChI is InChI=1S/C16H23NO3/c1-4-17-15(18)12(3)14(16(19)20)10-11(2)13-8-6-5-7-9-13/h5-9,11-12,14H,4,10H2,1-3H3,(H,17,18)(H,19,20)/t11-,12?,14?/m1/s1. The molecule has 0 heterocycles. The summed E-state index contributed by atoms with van der Waals surface area (Å²) in [6.07, 6.45) is 0.456. The number of aliphatic carboxylic acids is 1. The SMILES string of the molecule is CCNC(=O)C(C)C(C[C@@H](C)c1ccccc1)C(=O)O. The van der Waals surface area contributed by atoms with Gasteiger partial charge >= 0.3 is 5.97 Å². The van der Waals surface area contributed by atoms with E-state index in [0.717, 1.165) is 5.56 Å². The number of carboxylic acid groups (broad SMARTS) is 1. The molecule has 0 aliphatic heterocycles. The number of amides is 1. The van der Waals surface area contributed by atoms with Crippen LogP contribution in [-0.4, -0.2) is 23.5 Å². The largest absolute Gasteiger partial charge is 0.481 e. The highest BCUT2D eigenvalue weighted by Gasteiger charge is 2.31. The monoisotopic (exact) mass is 277 g/mol. The molecule has 0 saturated heterocycles. The number of hydrogen-bond acceptors (Lipinski definition) is 2. The molecule has 2 unspecified atom stereocenters. The number of carbonyl (C=O) groups is 2. The van der Waals surface area contributed by atoms with Crippen LogP contribution in [0.25, 0.3) is 0 Å². The van der Waals surface area contributed by atoms with E-state index in [2.05, 4.69) is 5.32 Å². The van der Waals surface area contributed by atoms with E-state index in [9.17, 15) is 14.7 Å². The fraction of sp³-hybridized carbons (Fsp3) is 0.500. The lowest BCUT2D eigenvalue weighted by Gasteiger charge is -2.22. The second-order valence-corrected chi connectivity index (χ2v) is 5.18. The van der Waals surface area contributed by atoms with Gasteiger partial charge in [-0.25, -0.2) is 0 Å². The summed E-state index contributed by atoms with van der Waals surface area (Å²) in [7, 11) is 0. The highest BCUT2D eigenvalue weighted by molar-refractivity contribution is 5.84. The molecule has 20 heavy (non-hydrogen) atoms. The number of rotatable bonds is 7. The van der Waals surface area contributed by atoms with E-state index in [1.165, 1.54) is 0 Å². The Labute approximate surface area is 120 Å². The fourth-order valence-electron chi connectivity index (χ4n) is 2.34. The van der Waals surface area contributed by atoms with Crippen LogP contribution < -0.4 is 5.32 Å². The molecule has 0 aliphatic carbocycles. The summed E-state index contributed by atoms with van der Waals surface area (Å²) in [6, 6.07) is 9.78. The van der Waals surface area contributed by atoms with Crippen molar-refractivity contribution in [3.63, 3.8) is 0 Å². The van der Waals surface area contributed by atoms with Crippen LogP contribution in [0.4, 0.5) is 0 Å². The van der Waals surface area contributed by atoms with E-state index in [4.69, 9.17) is 0 Å². The molecule has 110 valence electrons. The van der Waals surface area contributed by atoms with Crippen LogP contribution in [0.1, 0.15) is 38.7 Å². The maximum Gasteiger partial charge on any atom is 0.307 e. The Hall–Kier alpha value is -1.84. The molecular weight excluding hydrogens is 254 g/mol. The van der Waals surface area contributed by atoms with Gasteiger partial charge in [-0.2, -0.15) is 0 Å². The van der Waals surface area contributed by atoms with Crippen molar-refractivity contribution in [1.29, 1.82) is 0 Å². The predicted molar refractivity (Wildman–Crippen MR) is 78.4 cm³/mol. The van der Waals surface area contributed by atoms with E-state index < -0.39 is 17.8 Å². The lowest BCUT2D eigenvalue weighted by atomic mass is 9.83. The molecule has 4 heteroatoms. The van der Waals surface area contributed by atoms with Gasteiger partial charge in [0, 0.05) is 12.5 Å². The summed E-state index contributed by atoms with van der Waals surface area (Å²) in [4.78, 5) is 23.3. The third-order valence-corrected chi connectivity index (χ3v) is 3.66. The Bertz CT molecular complexity index is 444.